The fourth-order valence-electron chi connectivity index (χ4n) is 3.42. The first-order valence-corrected chi connectivity index (χ1v) is 10.1. The summed E-state index contributed by atoms with van der Waals surface area (Å²) in [4.78, 5) is 4.51. The van der Waals surface area contributed by atoms with E-state index in [0.717, 1.165) is 30.5 Å². The standard InChI is InChI=1S/C23H27N3O3/c1-15(8-10-18-14-24-18)12-16(2)22-25-23(29-26-22)17-9-11-20(27-3)21(13-17)28-19-6-4-5-7-19/h8-13,18-19,24H,2,4-7,14H2,1,3H3/b10-8+,15-12+. The maximum atomic E-state index is 6.16. The van der Waals surface area contributed by atoms with Gasteiger partial charge in [0.15, 0.2) is 11.5 Å². The zero-order valence-electron chi connectivity index (χ0n) is 17.0. The summed E-state index contributed by atoms with van der Waals surface area (Å²) in [7, 11) is 1.65. The van der Waals surface area contributed by atoms with Gasteiger partial charge < -0.3 is 19.3 Å². The first-order chi connectivity index (χ1) is 14.1. The molecule has 2 heterocycles. The van der Waals surface area contributed by atoms with Crippen molar-refractivity contribution in [1.29, 1.82) is 0 Å². The van der Waals surface area contributed by atoms with E-state index in [2.05, 4.69) is 34.2 Å². The van der Waals surface area contributed by atoms with E-state index in [4.69, 9.17) is 14.0 Å². The van der Waals surface area contributed by atoms with E-state index in [0.29, 0.717) is 34.8 Å². The van der Waals surface area contributed by atoms with Crippen molar-refractivity contribution < 1.29 is 14.0 Å². The Morgan fingerprint density at radius 2 is 2.07 bits per heavy atom. The Balaban J connectivity index is 1.50. The van der Waals surface area contributed by atoms with Crippen molar-refractivity contribution in [2.45, 2.75) is 44.8 Å². The zero-order chi connectivity index (χ0) is 20.2. The van der Waals surface area contributed by atoms with Crippen molar-refractivity contribution in [1.82, 2.24) is 15.5 Å². The Hall–Kier alpha value is -2.86. The predicted molar refractivity (Wildman–Crippen MR) is 113 cm³/mol. The van der Waals surface area contributed by atoms with Crippen LogP contribution in [-0.4, -0.2) is 35.9 Å². The quantitative estimate of drug-likeness (QED) is 0.523. The van der Waals surface area contributed by atoms with Gasteiger partial charge >= 0.3 is 0 Å². The smallest absolute Gasteiger partial charge is 0.258 e. The van der Waals surface area contributed by atoms with Crippen molar-refractivity contribution >= 4 is 5.57 Å². The van der Waals surface area contributed by atoms with Crippen LogP contribution < -0.4 is 14.8 Å². The van der Waals surface area contributed by atoms with E-state index in [1.807, 2.05) is 31.2 Å². The molecule has 152 valence electrons. The van der Waals surface area contributed by atoms with E-state index in [-0.39, 0.29) is 6.10 Å². The molecular formula is C23H27N3O3. The summed E-state index contributed by atoms with van der Waals surface area (Å²) in [6.07, 6.45) is 11.0. The fourth-order valence-corrected chi connectivity index (χ4v) is 3.42. The highest BCUT2D eigenvalue weighted by Gasteiger charge is 2.20. The molecule has 0 bridgehead atoms. The highest BCUT2D eigenvalue weighted by atomic mass is 16.5. The second-order valence-electron chi connectivity index (χ2n) is 7.60. The van der Waals surface area contributed by atoms with Gasteiger partial charge in [0, 0.05) is 23.7 Å². The molecule has 1 aromatic heterocycles. The van der Waals surface area contributed by atoms with Crippen LogP contribution in [0.3, 0.4) is 0 Å². The van der Waals surface area contributed by atoms with Gasteiger partial charge in [0.05, 0.1) is 13.2 Å². The highest BCUT2D eigenvalue weighted by Crippen LogP contribution is 2.35. The molecule has 4 rings (SSSR count). The Bertz CT molecular complexity index is 935. The lowest BCUT2D eigenvalue weighted by atomic mass is 10.1. The number of aromatic nitrogens is 2. The molecule has 1 unspecified atom stereocenters. The van der Waals surface area contributed by atoms with E-state index in [1.165, 1.54) is 12.8 Å². The Kier molecular flexibility index (Phi) is 5.81. The molecule has 1 atom stereocenters. The van der Waals surface area contributed by atoms with Crippen LogP contribution in [0.1, 0.15) is 38.4 Å². The minimum Gasteiger partial charge on any atom is -0.493 e. The number of benzene rings is 1. The summed E-state index contributed by atoms with van der Waals surface area (Å²) in [5, 5.41) is 7.33. The molecule has 0 spiro atoms. The van der Waals surface area contributed by atoms with Gasteiger partial charge in [0.2, 0.25) is 5.82 Å². The summed E-state index contributed by atoms with van der Waals surface area (Å²) >= 11 is 0. The molecule has 1 N–H and O–H groups in total. The molecule has 1 saturated carbocycles. The molecule has 1 saturated heterocycles. The molecule has 6 heteroatoms. The number of methoxy groups -OCH3 is 1. The summed E-state index contributed by atoms with van der Waals surface area (Å²) in [5.41, 5.74) is 2.60. The first kappa shape index (κ1) is 19.5. The van der Waals surface area contributed by atoms with Crippen LogP contribution in [-0.2, 0) is 0 Å². The van der Waals surface area contributed by atoms with Gasteiger partial charge in [-0.1, -0.05) is 29.5 Å². The number of nitrogens with one attached hydrogen (secondary N) is 1. The van der Waals surface area contributed by atoms with Gasteiger partial charge in [-0.2, -0.15) is 4.98 Å². The largest absolute Gasteiger partial charge is 0.493 e. The van der Waals surface area contributed by atoms with Gasteiger partial charge in [-0.3, -0.25) is 0 Å². The lowest BCUT2D eigenvalue weighted by molar-refractivity contribution is 0.201. The Morgan fingerprint density at radius 1 is 1.28 bits per heavy atom. The average molecular weight is 393 g/mol. The number of allylic oxidation sites excluding steroid dienone is 4. The molecule has 0 radical (unpaired) electrons. The van der Waals surface area contributed by atoms with Crippen LogP contribution in [0.15, 0.2) is 53.1 Å². The monoisotopic (exact) mass is 393 g/mol. The molecule has 1 aliphatic carbocycles. The van der Waals surface area contributed by atoms with Crippen LogP contribution in [0.5, 0.6) is 11.5 Å². The van der Waals surface area contributed by atoms with Gasteiger partial charge in [-0.05, 0) is 56.9 Å². The molecule has 1 aliphatic heterocycles. The van der Waals surface area contributed by atoms with Crippen LogP contribution in [0.4, 0.5) is 0 Å². The summed E-state index contributed by atoms with van der Waals surface area (Å²) < 4.78 is 17.1. The van der Waals surface area contributed by atoms with Crippen LogP contribution in [0.2, 0.25) is 0 Å². The number of rotatable bonds is 8. The molecule has 2 aromatic rings. The van der Waals surface area contributed by atoms with Gasteiger partial charge in [0.25, 0.3) is 5.89 Å². The SMILES string of the molecule is C=C(/C=C(C)/C=C/C1CN1)c1noc(-c2ccc(OC)c(OC3CCCC3)c2)n1. The Labute approximate surface area is 171 Å². The second kappa shape index (κ2) is 8.66. The minimum absolute atomic E-state index is 0.240. The van der Waals surface area contributed by atoms with Crippen molar-refractivity contribution in [2.24, 2.45) is 0 Å². The van der Waals surface area contributed by atoms with Crippen molar-refractivity contribution in [3.63, 3.8) is 0 Å². The molecular weight excluding hydrogens is 366 g/mol. The summed E-state index contributed by atoms with van der Waals surface area (Å²) in [6, 6.07) is 6.18. The van der Waals surface area contributed by atoms with Gasteiger partial charge in [-0.25, -0.2) is 0 Å². The third-order valence-corrected chi connectivity index (χ3v) is 5.15. The first-order valence-electron chi connectivity index (χ1n) is 10.1. The molecule has 29 heavy (non-hydrogen) atoms. The number of nitrogens with zero attached hydrogens (tertiary/aromatic N) is 2. The van der Waals surface area contributed by atoms with E-state index < -0.39 is 0 Å². The number of hydrogen-bond acceptors (Lipinski definition) is 6. The predicted octanol–water partition coefficient (Wildman–Crippen LogP) is 4.55. The highest BCUT2D eigenvalue weighted by molar-refractivity contribution is 5.70. The van der Waals surface area contributed by atoms with Crippen LogP contribution in [0.25, 0.3) is 17.0 Å². The Morgan fingerprint density at radius 3 is 2.79 bits per heavy atom. The van der Waals surface area contributed by atoms with Crippen molar-refractivity contribution in [2.75, 3.05) is 13.7 Å². The third kappa shape index (κ3) is 4.95. The van der Waals surface area contributed by atoms with Gasteiger partial charge in [0.1, 0.15) is 0 Å². The average Bonchev–Trinajstić information content (AvgIpc) is 3.17. The fraction of sp³-hybridized carbons (Fsp3) is 0.391. The lowest BCUT2D eigenvalue weighted by Gasteiger charge is -2.16. The summed E-state index contributed by atoms with van der Waals surface area (Å²) in [6.45, 7) is 7.15. The zero-order valence-corrected chi connectivity index (χ0v) is 17.0. The van der Waals surface area contributed by atoms with Gasteiger partial charge in [-0.15, -0.1) is 0 Å². The third-order valence-electron chi connectivity index (χ3n) is 5.15. The van der Waals surface area contributed by atoms with E-state index in [9.17, 15) is 0 Å². The maximum Gasteiger partial charge on any atom is 0.258 e. The second-order valence-corrected chi connectivity index (χ2v) is 7.60. The van der Waals surface area contributed by atoms with Crippen LogP contribution in [0, 0.1) is 0 Å². The molecule has 2 fully saturated rings. The number of ether oxygens (including phenoxy) is 2. The molecule has 6 nitrogen and oxygen atoms in total. The minimum atomic E-state index is 0.240. The molecule has 0 amide bonds. The normalized spacial score (nSPS) is 19.7. The lowest BCUT2D eigenvalue weighted by Crippen LogP contribution is -2.11. The van der Waals surface area contributed by atoms with Crippen LogP contribution >= 0.6 is 0 Å². The molecule has 2 aliphatic rings. The van der Waals surface area contributed by atoms with E-state index in [1.54, 1.807) is 7.11 Å². The van der Waals surface area contributed by atoms with Crippen molar-refractivity contribution in [3.8, 4) is 23.0 Å². The van der Waals surface area contributed by atoms with E-state index >= 15 is 0 Å². The summed E-state index contributed by atoms with van der Waals surface area (Å²) in [5.74, 6) is 2.33. The molecule has 1 aromatic carbocycles. The topological polar surface area (TPSA) is 79.3 Å². The maximum absolute atomic E-state index is 6.16. The van der Waals surface area contributed by atoms with Crippen molar-refractivity contribution in [3.05, 3.63) is 54.4 Å². The number of hydrogen-bond donors (Lipinski definition) is 1.